The number of rotatable bonds is 7. The van der Waals surface area contributed by atoms with Crippen molar-refractivity contribution in [3.8, 4) is 5.75 Å². The van der Waals surface area contributed by atoms with Gasteiger partial charge in [0.2, 0.25) is 10.0 Å². The molecule has 0 aromatic heterocycles. The van der Waals surface area contributed by atoms with Crippen LogP contribution in [0.2, 0.25) is 0 Å². The minimum absolute atomic E-state index is 0.0200. The van der Waals surface area contributed by atoms with Gasteiger partial charge < -0.3 is 10.1 Å². The van der Waals surface area contributed by atoms with Gasteiger partial charge in [-0.2, -0.15) is 0 Å². The van der Waals surface area contributed by atoms with E-state index >= 15 is 0 Å². The molecule has 2 aromatic carbocycles. The van der Waals surface area contributed by atoms with Gasteiger partial charge in [0.15, 0.2) is 0 Å². The number of hydrogen-bond donors (Lipinski definition) is 2. The number of ether oxygens (including phenoxy) is 1. The third kappa shape index (κ3) is 4.42. The van der Waals surface area contributed by atoms with E-state index in [4.69, 9.17) is 4.74 Å². The summed E-state index contributed by atoms with van der Waals surface area (Å²) in [6, 6.07) is 12.0. The molecule has 2 aromatic rings. The van der Waals surface area contributed by atoms with Crippen molar-refractivity contribution in [2.24, 2.45) is 0 Å². The summed E-state index contributed by atoms with van der Waals surface area (Å²) in [5.74, 6) is 0.404. The third-order valence-electron chi connectivity index (χ3n) is 4.25. The Balaban J connectivity index is 1.74. The summed E-state index contributed by atoms with van der Waals surface area (Å²) in [6.45, 7) is 2.11. The summed E-state index contributed by atoms with van der Waals surface area (Å²) < 4.78 is 32.5. The maximum atomic E-state index is 12.5. The van der Waals surface area contributed by atoms with Gasteiger partial charge in [-0.05, 0) is 55.2 Å². The topological polar surface area (TPSA) is 84.5 Å². The number of methoxy groups -OCH3 is 1. The molecule has 0 heterocycles. The van der Waals surface area contributed by atoms with E-state index < -0.39 is 10.0 Å². The van der Waals surface area contributed by atoms with Gasteiger partial charge in [-0.1, -0.05) is 18.2 Å². The number of hydrogen-bond acceptors (Lipinski definition) is 4. The van der Waals surface area contributed by atoms with E-state index in [-0.39, 0.29) is 16.8 Å². The molecule has 6 nitrogen and oxygen atoms in total. The normalized spacial score (nSPS) is 14.1. The zero-order chi connectivity index (χ0) is 18.7. The molecule has 1 aliphatic carbocycles. The fraction of sp³-hybridized carbons (Fsp3) is 0.316. The lowest BCUT2D eigenvalue weighted by Gasteiger charge is -2.11. The molecule has 26 heavy (non-hydrogen) atoms. The Morgan fingerprint density at radius 1 is 1.19 bits per heavy atom. The van der Waals surface area contributed by atoms with Crippen molar-refractivity contribution in [2.45, 2.75) is 37.2 Å². The molecular formula is C19H22N2O4S. The molecule has 1 aliphatic rings. The molecule has 3 rings (SSSR count). The van der Waals surface area contributed by atoms with Gasteiger partial charge in [0.05, 0.1) is 12.0 Å². The maximum Gasteiger partial charge on any atom is 0.251 e. The zero-order valence-electron chi connectivity index (χ0n) is 14.8. The van der Waals surface area contributed by atoms with E-state index in [2.05, 4.69) is 10.0 Å². The van der Waals surface area contributed by atoms with Crippen LogP contribution in [0.5, 0.6) is 5.75 Å². The average Bonchev–Trinajstić information content (AvgIpc) is 3.43. The predicted octanol–water partition coefficient (Wildman–Crippen LogP) is 2.37. The lowest BCUT2D eigenvalue weighted by Crippen LogP contribution is -2.27. The molecule has 1 fully saturated rings. The average molecular weight is 374 g/mol. The number of carbonyl (C=O) groups is 1. The summed E-state index contributed by atoms with van der Waals surface area (Å²) in [4.78, 5) is 12.7. The van der Waals surface area contributed by atoms with Crippen molar-refractivity contribution < 1.29 is 17.9 Å². The second kappa shape index (κ2) is 7.47. The van der Waals surface area contributed by atoms with Crippen LogP contribution in [0.25, 0.3) is 0 Å². The molecule has 0 unspecified atom stereocenters. The van der Waals surface area contributed by atoms with Gasteiger partial charge in [0.25, 0.3) is 5.91 Å². The fourth-order valence-corrected chi connectivity index (χ4v) is 3.89. The smallest absolute Gasteiger partial charge is 0.251 e. The molecule has 138 valence electrons. The minimum Gasteiger partial charge on any atom is -0.497 e. The zero-order valence-corrected chi connectivity index (χ0v) is 15.6. The molecule has 0 radical (unpaired) electrons. The van der Waals surface area contributed by atoms with Gasteiger partial charge in [-0.3, -0.25) is 4.79 Å². The van der Waals surface area contributed by atoms with Crippen molar-refractivity contribution in [2.75, 3.05) is 7.11 Å². The highest BCUT2D eigenvalue weighted by Gasteiger charge is 2.28. The first-order valence-corrected chi connectivity index (χ1v) is 9.91. The molecule has 0 atom stereocenters. The van der Waals surface area contributed by atoms with Crippen molar-refractivity contribution in [3.05, 3.63) is 59.2 Å². The van der Waals surface area contributed by atoms with Crippen LogP contribution in [0.3, 0.4) is 0 Å². The Kier molecular flexibility index (Phi) is 5.29. The highest BCUT2D eigenvalue weighted by atomic mass is 32.2. The quantitative estimate of drug-likeness (QED) is 0.779. The first-order valence-electron chi connectivity index (χ1n) is 8.43. The van der Waals surface area contributed by atoms with Crippen molar-refractivity contribution in [1.82, 2.24) is 10.0 Å². The first-order chi connectivity index (χ1) is 12.4. The van der Waals surface area contributed by atoms with Crippen LogP contribution in [0, 0.1) is 6.92 Å². The van der Waals surface area contributed by atoms with Crippen LogP contribution in [-0.4, -0.2) is 27.5 Å². The summed E-state index contributed by atoms with van der Waals surface area (Å²) in [6.07, 6.45) is 1.72. The lowest BCUT2D eigenvalue weighted by atomic mass is 10.1. The molecule has 1 amide bonds. The van der Waals surface area contributed by atoms with Gasteiger partial charge in [0, 0.05) is 18.2 Å². The molecule has 2 N–H and O–H groups in total. The lowest BCUT2D eigenvalue weighted by molar-refractivity contribution is 0.0950. The predicted molar refractivity (Wildman–Crippen MR) is 98.7 cm³/mol. The molecule has 0 aliphatic heterocycles. The molecule has 0 spiro atoms. The van der Waals surface area contributed by atoms with E-state index in [0.29, 0.717) is 17.9 Å². The van der Waals surface area contributed by atoms with Gasteiger partial charge in [-0.25, -0.2) is 13.1 Å². The van der Waals surface area contributed by atoms with E-state index in [0.717, 1.165) is 24.0 Å². The standard InChI is InChI=1S/C19H22N2O4S/c1-13-6-9-17(26(23,24)21-15-7-8-15)11-18(13)19(22)20-12-14-4-3-5-16(10-14)25-2/h3-6,9-11,15,21H,7-8,12H2,1-2H3,(H,20,22). The number of nitrogens with one attached hydrogen (secondary N) is 2. The van der Waals surface area contributed by atoms with Crippen LogP contribution >= 0.6 is 0 Å². The molecule has 0 bridgehead atoms. The highest BCUT2D eigenvalue weighted by molar-refractivity contribution is 7.89. The Morgan fingerprint density at radius 3 is 2.65 bits per heavy atom. The van der Waals surface area contributed by atoms with Crippen LogP contribution in [0.15, 0.2) is 47.4 Å². The largest absolute Gasteiger partial charge is 0.497 e. The molecule has 0 saturated heterocycles. The monoisotopic (exact) mass is 374 g/mol. The Hall–Kier alpha value is -2.38. The van der Waals surface area contributed by atoms with Crippen LogP contribution in [-0.2, 0) is 16.6 Å². The minimum atomic E-state index is -3.59. The van der Waals surface area contributed by atoms with E-state index in [1.807, 2.05) is 24.3 Å². The Labute approximate surface area is 153 Å². The second-order valence-electron chi connectivity index (χ2n) is 6.41. The molecule has 7 heteroatoms. The summed E-state index contributed by atoms with van der Waals surface area (Å²) in [5, 5.41) is 2.83. The second-order valence-corrected chi connectivity index (χ2v) is 8.12. The highest BCUT2D eigenvalue weighted by Crippen LogP contribution is 2.23. The van der Waals surface area contributed by atoms with Crippen molar-refractivity contribution >= 4 is 15.9 Å². The third-order valence-corrected chi connectivity index (χ3v) is 5.77. The van der Waals surface area contributed by atoms with Gasteiger partial charge >= 0.3 is 0 Å². The van der Waals surface area contributed by atoms with Crippen LogP contribution in [0.4, 0.5) is 0 Å². The van der Waals surface area contributed by atoms with Gasteiger partial charge in [0.1, 0.15) is 5.75 Å². The first kappa shape index (κ1) is 18.4. The number of benzene rings is 2. The SMILES string of the molecule is COc1cccc(CNC(=O)c2cc(S(=O)(=O)NC3CC3)ccc2C)c1. The van der Waals surface area contributed by atoms with Crippen molar-refractivity contribution in [3.63, 3.8) is 0 Å². The van der Waals surface area contributed by atoms with E-state index in [1.165, 1.54) is 12.1 Å². The number of aryl methyl sites for hydroxylation is 1. The van der Waals surface area contributed by atoms with Gasteiger partial charge in [-0.15, -0.1) is 0 Å². The van der Waals surface area contributed by atoms with E-state index in [9.17, 15) is 13.2 Å². The van der Waals surface area contributed by atoms with Crippen LogP contribution < -0.4 is 14.8 Å². The summed E-state index contributed by atoms with van der Waals surface area (Å²) >= 11 is 0. The maximum absolute atomic E-state index is 12.5. The van der Waals surface area contributed by atoms with Crippen molar-refractivity contribution in [1.29, 1.82) is 0 Å². The number of sulfonamides is 1. The number of amides is 1. The van der Waals surface area contributed by atoms with Crippen LogP contribution in [0.1, 0.15) is 34.3 Å². The van der Waals surface area contributed by atoms with E-state index in [1.54, 1.807) is 20.1 Å². The summed E-state index contributed by atoms with van der Waals surface area (Å²) in [7, 11) is -2.01. The molecular weight excluding hydrogens is 352 g/mol. The fourth-order valence-electron chi connectivity index (χ4n) is 2.56. The number of carbonyl (C=O) groups excluding carboxylic acids is 1. The molecule has 1 saturated carbocycles. The Bertz CT molecular complexity index is 921. The Morgan fingerprint density at radius 2 is 1.96 bits per heavy atom. The summed E-state index contributed by atoms with van der Waals surface area (Å²) in [5.41, 5.74) is 1.97.